The average Bonchev–Trinajstić information content (AvgIpc) is 3.15. The highest BCUT2D eigenvalue weighted by Gasteiger charge is 2.20. The van der Waals surface area contributed by atoms with Crippen LogP contribution in [0.1, 0.15) is 251 Å². The van der Waals surface area contributed by atoms with E-state index in [0.717, 1.165) is 32.1 Å². The zero-order valence-corrected chi connectivity index (χ0v) is 35.7. The Labute approximate surface area is 331 Å². The molecule has 0 heterocycles. The van der Waals surface area contributed by atoms with Crippen molar-refractivity contribution in [1.82, 2.24) is 5.32 Å². The summed E-state index contributed by atoms with van der Waals surface area (Å²) < 4.78 is 0. The Morgan fingerprint density at radius 3 is 1.21 bits per heavy atom. The minimum absolute atomic E-state index is 0.00970. The van der Waals surface area contributed by atoms with Gasteiger partial charge >= 0.3 is 0 Å². The third-order valence-electron chi connectivity index (χ3n) is 11.0. The van der Waals surface area contributed by atoms with Crippen LogP contribution in [-0.2, 0) is 4.79 Å². The summed E-state index contributed by atoms with van der Waals surface area (Å²) in [5.41, 5.74) is 0. The molecule has 0 rings (SSSR count). The molecule has 0 saturated heterocycles. The SMILES string of the molecule is CCCCCCCC/C=C/CC/C=C/C(O)C(CO)NC(=O)CC(O)CCCCCCCCCCCCCCCCCCCCCCCCCCCC. The first-order valence-electron chi connectivity index (χ1n) is 23.6. The van der Waals surface area contributed by atoms with E-state index in [0.29, 0.717) is 6.42 Å². The topological polar surface area (TPSA) is 89.8 Å². The molecule has 4 N–H and O–H groups in total. The maximum atomic E-state index is 12.4. The second-order valence-corrected chi connectivity index (χ2v) is 16.4. The fourth-order valence-electron chi connectivity index (χ4n) is 7.36. The monoisotopic (exact) mass is 748 g/mol. The van der Waals surface area contributed by atoms with E-state index in [9.17, 15) is 20.1 Å². The van der Waals surface area contributed by atoms with Gasteiger partial charge in [0.1, 0.15) is 0 Å². The summed E-state index contributed by atoms with van der Waals surface area (Å²) in [5.74, 6) is -0.323. The molecule has 0 saturated carbocycles. The van der Waals surface area contributed by atoms with Gasteiger partial charge in [0.05, 0.1) is 31.3 Å². The van der Waals surface area contributed by atoms with Crippen LogP contribution in [0.15, 0.2) is 24.3 Å². The second-order valence-electron chi connectivity index (χ2n) is 16.4. The number of amides is 1. The maximum Gasteiger partial charge on any atom is 0.222 e. The van der Waals surface area contributed by atoms with Gasteiger partial charge in [-0.3, -0.25) is 4.79 Å². The number of unbranched alkanes of at least 4 members (excludes halogenated alkanes) is 32. The van der Waals surface area contributed by atoms with Gasteiger partial charge in [-0.2, -0.15) is 0 Å². The molecular formula is C48H93NO4. The first-order valence-corrected chi connectivity index (χ1v) is 23.6. The van der Waals surface area contributed by atoms with Gasteiger partial charge in [0.25, 0.3) is 0 Å². The fraction of sp³-hybridized carbons (Fsp3) is 0.896. The Balaban J connectivity index is 3.55. The summed E-state index contributed by atoms with van der Waals surface area (Å²) in [6.45, 7) is 4.20. The second kappa shape index (κ2) is 43.6. The van der Waals surface area contributed by atoms with Crippen molar-refractivity contribution >= 4 is 5.91 Å². The lowest BCUT2D eigenvalue weighted by molar-refractivity contribution is -0.124. The quantitative estimate of drug-likeness (QED) is 0.0369. The Morgan fingerprint density at radius 1 is 0.472 bits per heavy atom. The van der Waals surface area contributed by atoms with E-state index in [1.165, 1.54) is 193 Å². The number of carbonyl (C=O) groups excluding carboxylic acids is 1. The summed E-state index contributed by atoms with van der Waals surface area (Å²) in [6.07, 6.45) is 53.5. The lowest BCUT2D eigenvalue weighted by atomic mass is 10.0. The lowest BCUT2D eigenvalue weighted by Gasteiger charge is -2.21. The first-order chi connectivity index (χ1) is 26.0. The highest BCUT2D eigenvalue weighted by molar-refractivity contribution is 5.76. The zero-order valence-electron chi connectivity index (χ0n) is 35.7. The van der Waals surface area contributed by atoms with Crippen molar-refractivity contribution in [3.63, 3.8) is 0 Å². The molecule has 5 heteroatoms. The number of nitrogens with one attached hydrogen (secondary N) is 1. The van der Waals surface area contributed by atoms with Crippen molar-refractivity contribution in [1.29, 1.82) is 0 Å². The molecule has 0 radical (unpaired) electrons. The Morgan fingerprint density at radius 2 is 0.811 bits per heavy atom. The summed E-state index contributed by atoms with van der Waals surface area (Å²) in [4.78, 5) is 12.4. The van der Waals surface area contributed by atoms with Crippen molar-refractivity contribution in [2.45, 2.75) is 270 Å². The molecule has 0 aliphatic heterocycles. The maximum absolute atomic E-state index is 12.4. The molecule has 0 aromatic rings. The Kier molecular flexibility index (Phi) is 42.6. The van der Waals surface area contributed by atoms with E-state index < -0.39 is 18.2 Å². The summed E-state index contributed by atoms with van der Waals surface area (Å²) in [6, 6.07) is -0.756. The highest BCUT2D eigenvalue weighted by atomic mass is 16.3. The van der Waals surface area contributed by atoms with E-state index in [2.05, 4.69) is 31.3 Å². The van der Waals surface area contributed by atoms with Gasteiger partial charge in [-0.25, -0.2) is 0 Å². The number of aliphatic hydroxyl groups is 3. The molecule has 314 valence electrons. The Hall–Kier alpha value is -1.17. The normalized spacial score (nSPS) is 13.7. The molecule has 3 atom stereocenters. The van der Waals surface area contributed by atoms with Crippen LogP contribution in [0.2, 0.25) is 0 Å². The lowest BCUT2D eigenvalue weighted by Crippen LogP contribution is -2.45. The van der Waals surface area contributed by atoms with Gasteiger partial charge in [0.2, 0.25) is 5.91 Å². The molecule has 53 heavy (non-hydrogen) atoms. The van der Waals surface area contributed by atoms with Gasteiger partial charge in [0.15, 0.2) is 0 Å². The summed E-state index contributed by atoms with van der Waals surface area (Å²) in [5, 5.41) is 33.2. The van der Waals surface area contributed by atoms with Crippen LogP contribution < -0.4 is 5.32 Å². The minimum Gasteiger partial charge on any atom is -0.394 e. The molecule has 0 spiro atoms. The van der Waals surface area contributed by atoms with Crippen LogP contribution in [0, 0.1) is 0 Å². The van der Waals surface area contributed by atoms with Crippen LogP contribution in [0.3, 0.4) is 0 Å². The number of aliphatic hydroxyl groups excluding tert-OH is 3. The van der Waals surface area contributed by atoms with Gasteiger partial charge in [-0.1, -0.05) is 237 Å². The Bertz CT molecular complexity index is 784. The predicted octanol–water partition coefficient (Wildman–Crippen LogP) is 13.8. The van der Waals surface area contributed by atoms with Crippen LogP contribution in [0.5, 0.6) is 0 Å². The van der Waals surface area contributed by atoms with Crippen molar-refractivity contribution in [3.8, 4) is 0 Å². The van der Waals surface area contributed by atoms with Crippen molar-refractivity contribution in [2.75, 3.05) is 6.61 Å². The van der Waals surface area contributed by atoms with Gasteiger partial charge in [0, 0.05) is 0 Å². The van der Waals surface area contributed by atoms with Crippen LogP contribution in [-0.4, -0.2) is 46.1 Å². The molecule has 3 unspecified atom stereocenters. The summed E-state index contributed by atoms with van der Waals surface area (Å²) in [7, 11) is 0. The largest absolute Gasteiger partial charge is 0.394 e. The first kappa shape index (κ1) is 51.8. The number of hydrogen-bond acceptors (Lipinski definition) is 4. The van der Waals surface area contributed by atoms with Crippen LogP contribution in [0.4, 0.5) is 0 Å². The molecule has 0 bridgehead atoms. The molecule has 1 amide bonds. The number of rotatable bonds is 43. The van der Waals surface area contributed by atoms with E-state index in [-0.39, 0.29) is 18.9 Å². The molecular weight excluding hydrogens is 655 g/mol. The molecule has 0 aromatic carbocycles. The van der Waals surface area contributed by atoms with Gasteiger partial charge in [-0.05, 0) is 32.1 Å². The average molecular weight is 748 g/mol. The fourth-order valence-corrected chi connectivity index (χ4v) is 7.36. The molecule has 5 nitrogen and oxygen atoms in total. The molecule has 0 aromatic heterocycles. The molecule has 0 fully saturated rings. The van der Waals surface area contributed by atoms with E-state index in [1.54, 1.807) is 6.08 Å². The number of hydrogen-bond donors (Lipinski definition) is 4. The van der Waals surface area contributed by atoms with E-state index in [4.69, 9.17) is 0 Å². The third-order valence-corrected chi connectivity index (χ3v) is 11.0. The van der Waals surface area contributed by atoms with Crippen LogP contribution >= 0.6 is 0 Å². The van der Waals surface area contributed by atoms with Gasteiger partial charge < -0.3 is 20.6 Å². The smallest absolute Gasteiger partial charge is 0.222 e. The molecule has 0 aliphatic carbocycles. The number of allylic oxidation sites excluding steroid dienone is 3. The van der Waals surface area contributed by atoms with Crippen molar-refractivity contribution < 1.29 is 20.1 Å². The number of carbonyl (C=O) groups is 1. The summed E-state index contributed by atoms with van der Waals surface area (Å²) >= 11 is 0. The zero-order chi connectivity index (χ0) is 38.7. The minimum atomic E-state index is -0.947. The third kappa shape index (κ3) is 40.3. The predicted molar refractivity (Wildman–Crippen MR) is 231 cm³/mol. The van der Waals surface area contributed by atoms with Crippen LogP contribution in [0.25, 0.3) is 0 Å². The molecule has 0 aliphatic rings. The standard InChI is InChI=1S/C48H93NO4/c1-3-5-7-9-11-13-15-17-18-19-20-21-22-23-24-25-26-27-28-29-30-31-33-35-37-39-41-45(51)43-48(53)49-46(44-50)47(52)42-40-38-36-34-32-16-14-12-10-8-6-4-2/h32,34,40,42,45-47,50-52H,3-31,33,35-39,41,43-44H2,1-2H3,(H,49,53)/b34-32+,42-40+. The van der Waals surface area contributed by atoms with E-state index in [1.807, 2.05) is 6.08 Å². The van der Waals surface area contributed by atoms with Gasteiger partial charge in [-0.15, -0.1) is 0 Å². The highest BCUT2D eigenvalue weighted by Crippen LogP contribution is 2.17. The van der Waals surface area contributed by atoms with E-state index >= 15 is 0 Å². The van der Waals surface area contributed by atoms with Crippen molar-refractivity contribution in [3.05, 3.63) is 24.3 Å². The van der Waals surface area contributed by atoms with Crippen molar-refractivity contribution in [2.24, 2.45) is 0 Å².